The third-order valence-electron chi connectivity index (χ3n) is 3.38. The van der Waals surface area contributed by atoms with Crippen LogP contribution in [0.4, 0.5) is 10.3 Å². The average molecular weight is 336 g/mol. The molecule has 0 saturated carbocycles. The molecule has 8 heteroatoms. The zero-order valence-electron chi connectivity index (χ0n) is 12.7. The van der Waals surface area contributed by atoms with Gasteiger partial charge in [0.15, 0.2) is 5.16 Å². The van der Waals surface area contributed by atoms with Gasteiger partial charge in [-0.2, -0.15) is 0 Å². The molecule has 0 amide bonds. The van der Waals surface area contributed by atoms with Gasteiger partial charge in [0.2, 0.25) is 5.95 Å². The van der Waals surface area contributed by atoms with Gasteiger partial charge in [-0.05, 0) is 25.1 Å². The van der Waals surface area contributed by atoms with Crippen LogP contribution in [0.1, 0.15) is 6.92 Å². The second-order valence-corrected chi connectivity index (χ2v) is 6.13. The summed E-state index contributed by atoms with van der Waals surface area (Å²) in [7, 11) is 0. The van der Waals surface area contributed by atoms with E-state index in [2.05, 4.69) is 15.1 Å². The Kier molecular flexibility index (Phi) is 4.92. The van der Waals surface area contributed by atoms with E-state index in [-0.39, 0.29) is 11.6 Å². The summed E-state index contributed by atoms with van der Waals surface area (Å²) < 4.78 is 20.8. The Labute approximate surface area is 137 Å². The standard InChI is InChI=1S/C15H17FN4O2S/c1-11(21)10-23-15-18-17-14(19-5-7-22-8-6-19)20(15)13-4-2-3-12(16)9-13/h2-4,9H,5-8,10H2,1H3. The lowest BCUT2D eigenvalue weighted by atomic mass is 10.3. The van der Waals surface area contributed by atoms with E-state index in [0.29, 0.717) is 48.8 Å². The lowest BCUT2D eigenvalue weighted by Gasteiger charge is -2.27. The lowest BCUT2D eigenvalue weighted by molar-refractivity contribution is -0.114. The number of Topliss-reactive ketones (excluding diaryl/α,β-unsaturated/α-hetero) is 1. The monoisotopic (exact) mass is 336 g/mol. The molecule has 1 aromatic carbocycles. The van der Waals surface area contributed by atoms with Gasteiger partial charge in [0.05, 0.1) is 24.7 Å². The van der Waals surface area contributed by atoms with Gasteiger partial charge < -0.3 is 9.64 Å². The zero-order valence-corrected chi connectivity index (χ0v) is 13.6. The van der Waals surface area contributed by atoms with E-state index in [1.807, 2.05) is 0 Å². The van der Waals surface area contributed by atoms with Crippen LogP contribution >= 0.6 is 11.8 Å². The molecule has 3 rings (SSSR count). The molecule has 0 aliphatic carbocycles. The molecule has 23 heavy (non-hydrogen) atoms. The summed E-state index contributed by atoms with van der Waals surface area (Å²) in [6.07, 6.45) is 0. The van der Waals surface area contributed by atoms with Gasteiger partial charge >= 0.3 is 0 Å². The van der Waals surface area contributed by atoms with E-state index in [0.717, 1.165) is 0 Å². The third kappa shape index (κ3) is 3.70. The molecule has 0 spiro atoms. The third-order valence-corrected chi connectivity index (χ3v) is 4.45. The number of hydrogen-bond donors (Lipinski definition) is 0. The Bertz CT molecular complexity index is 701. The fourth-order valence-corrected chi connectivity index (χ4v) is 3.08. The Balaban J connectivity index is 2.00. The highest BCUT2D eigenvalue weighted by atomic mass is 32.2. The predicted molar refractivity (Wildman–Crippen MR) is 85.8 cm³/mol. The number of thioether (sulfide) groups is 1. The first kappa shape index (κ1) is 15.9. The number of carbonyl (C=O) groups is 1. The van der Waals surface area contributed by atoms with Crippen LogP contribution in [-0.4, -0.2) is 52.6 Å². The second kappa shape index (κ2) is 7.10. The molecule has 2 heterocycles. The van der Waals surface area contributed by atoms with Crippen molar-refractivity contribution in [3.8, 4) is 5.69 Å². The molecule has 122 valence electrons. The van der Waals surface area contributed by atoms with Gasteiger partial charge in [-0.25, -0.2) is 4.39 Å². The van der Waals surface area contributed by atoms with E-state index in [4.69, 9.17) is 4.74 Å². The number of halogens is 1. The van der Waals surface area contributed by atoms with Crippen LogP contribution in [-0.2, 0) is 9.53 Å². The lowest BCUT2D eigenvalue weighted by Crippen LogP contribution is -2.37. The van der Waals surface area contributed by atoms with Crippen molar-refractivity contribution in [2.24, 2.45) is 0 Å². The van der Waals surface area contributed by atoms with E-state index in [9.17, 15) is 9.18 Å². The van der Waals surface area contributed by atoms with Gasteiger partial charge in [0, 0.05) is 13.1 Å². The van der Waals surface area contributed by atoms with Gasteiger partial charge in [0.25, 0.3) is 0 Å². The first-order chi connectivity index (χ1) is 11.1. The number of benzene rings is 1. The average Bonchev–Trinajstić information content (AvgIpc) is 2.97. The molecule has 0 unspecified atom stereocenters. The highest BCUT2D eigenvalue weighted by Crippen LogP contribution is 2.27. The van der Waals surface area contributed by atoms with Gasteiger partial charge in [-0.3, -0.25) is 9.36 Å². The van der Waals surface area contributed by atoms with Crippen LogP contribution < -0.4 is 4.90 Å². The summed E-state index contributed by atoms with van der Waals surface area (Å²) in [6.45, 7) is 4.16. The van der Waals surface area contributed by atoms with E-state index < -0.39 is 0 Å². The Morgan fingerprint density at radius 2 is 2.13 bits per heavy atom. The SMILES string of the molecule is CC(=O)CSc1nnc(N2CCOCC2)n1-c1cccc(F)c1. The highest BCUT2D eigenvalue weighted by Gasteiger charge is 2.22. The maximum absolute atomic E-state index is 13.6. The van der Waals surface area contributed by atoms with Crippen LogP contribution in [0.5, 0.6) is 0 Å². The first-order valence-corrected chi connectivity index (χ1v) is 8.30. The number of ether oxygens (including phenoxy) is 1. The molecule has 0 N–H and O–H groups in total. The summed E-state index contributed by atoms with van der Waals surface area (Å²) in [5.41, 5.74) is 0.641. The van der Waals surface area contributed by atoms with Crippen molar-refractivity contribution in [3.63, 3.8) is 0 Å². The normalized spacial score (nSPS) is 15.0. The van der Waals surface area contributed by atoms with Crippen LogP contribution in [0.15, 0.2) is 29.4 Å². The maximum atomic E-state index is 13.6. The summed E-state index contributed by atoms with van der Waals surface area (Å²) in [5, 5.41) is 9.02. The van der Waals surface area contributed by atoms with Crippen molar-refractivity contribution in [1.82, 2.24) is 14.8 Å². The first-order valence-electron chi connectivity index (χ1n) is 7.31. The van der Waals surface area contributed by atoms with Crippen LogP contribution in [0.3, 0.4) is 0 Å². The van der Waals surface area contributed by atoms with E-state index >= 15 is 0 Å². The molecule has 1 fully saturated rings. The molecule has 0 atom stereocenters. The summed E-state index contributed by atoms with van der Waals surface area (Å²) in [4.78, 5) is 13.3. The van der Waals surface area contributed by atoms with Crippen LogP contribution in [0.25, 0.3) is 5.69 Å². The fraction of sp³-hybridized carbons (Fsp3) is 0.400. The summed E-state index contributed by atoms with van der Waals surface area (Å²) >= 11 is 1.30. The smallest absolute Gasteiger partial charge is 0.232 e. The molecule has 2 aromatic rings. The van der Waals surface area contributed by atoms with Gasteiger partial charge in [0.1, 0.15) is 11.6 Å². The van der Waals surface area contributed by atoms with Gasteiger partial charge in [-0.1, -0.05) is 17.8 Å². The van der Waals surface area contributed by atoms with Crippen molar-refractivity contribution < 1.29 is 13.9 Å². The number of hydrogen-bond acceptors (Lipinski definition) is 6. The molecular formula is C15H17FN4O2S. The molecule has 1 aliphatic rings. The maximum Gasteiger partial charge on any atom is 0.232 e. The van der Waals surface area contributed by atoms with Crippen molar-refractivity contribution in [1.29, 1.82) is 0 Å². The number of anilines is 1. The predicted octanol–water partition coefficient (Wildman–Crippen LogP) is 1.92. The van der Waals surface area contributed by atoms with Crippen molar-refractivity contribution in [2.45, 2.75) is 12.1 Å². The number of morpholine rings is 1. The topological polar surface area (TPSA) is 60.3 Å². The summed E-state index contributed by atoms with van der Waals surface area (Å²) in [6, 6.07) is 6.27. The Hall–Kier alpha value is -1.93. The number of carbonyl (C=O) groups excluding carboxylic acids is 1. The Morgan fingerprint density at radius 1 is 1.35 bits per heavy atom. The second-order valence-electron chi connectivity index (χ2n) is 5.19. The minimum Gasteiger partial charge on any atom is -0.378 e. The van der Waals surface area contributed by atoms with E-state index in [1.165, 1.54) is 30.8 Å². The van der Waals surface area contributed by atoms with Crippen LogP contribution in [0, 0.1) is 5.82 Å². The largest absolute Gasteiger partial charge is 0.378 e. The number of nitrogens with zero attached hydrogens (tertiary/aromatic N) is 4. The molecule has 1 aromatic heterocycles. The molecule has 0 radical (unpaired) electrons. The molecule has 1 aliphatic heterocycles. The minimum atomic E-state index is -0.327. The number of ketones is 1. The molecular weight excluding hydrogens is 319 g/mol. The van der Waals surface area contributed by atoms with Crippen molar-refractivity contribution >= 4 is 23.5 Å². The quantitative estimate of drug-likeness (QED) is 0.778. The minimum absolute atomic E-state index is 0.0525. The van der Waals surface area contributed by atoms with Crippen molar-refractivity contribution in [2.75, 3.05) is 37.0 Å². The summed E-state index contributed by atoms with van der Waals surface area (Å²) in [5.74, 6) is 0.671. The molecule has 6 nitrogen and oxygen atoms in total. The Morgan fingerprint density at radius 3 is 2.83 bits per heavy atom. The number of rotatable bonds is 5. The fourth-order valence-electron chi connectivity index (χ4n) is 2.33. The highest BCUT2D eigenvalue weighted by molar-refractivity contribution is 7.99. The van der Waals surface area contributed by atoms with Crippen LogP contribution in [0.2, 0.25) is 0 Å². The molecule has 1 saturated heterocycles. The molecule has 0 bridgehead atoms. The number of aromatic nitrogens is 3. The van der Waals surface area contributed by atoms with Gasteiger partial charge in [-0.15, -0.1) is 10.2 Å². The zero-order chi connectivity index (χ0) is 16.2. The van der Waals surface area contributed by atoms with Crippen molar-refractivity contribution in [3.05, 3.63) is 30.1 Å². The van der Waals surface area contributed by atoms with E-state index in [1.54, 1.807) is 16.7 Å².